The monoisotopic (exact) mass is 357 g/mol. The van der Waals surface area contributed by atoms with Gasteiger partial charge in [-0.2, -0.15) is 0 Å². The van der Waals surface area contributed by atoms with Crippen LogP contribution in [0.5, 0.6) is 0 Å². The maximum Gasteiger partial charge on any atom is 0.261 e. The van der Waals surface area contributed by atoms with E-state index in [0.717, 1.165) is 4.90 Å². The molecule has 5 heteroatoms. The van der Waals surface area contributed by atoms with Crippen molar-refractivity contribution in [3.63, 3.8) is 0 Å². The second-order valence-electron chi connectivity index (χ2n) is 4.96. The molecule has 1 aliphatic heterocycles. The van der Waals surface area contributed by atoms with Gasteiger partial charge >= 0.3 is 0 Å². The van der Waals surface area contributed by atoms with Gasteiger partial charge in [-0.1, -0.05) is 46.3 Å². The van der Waals surface area contributed by atoms with E-state index in [1.54, 1.807) is 42.5 Å². The molecule has 2 amide bonds. The van der Waals surface area contributed by atoms with Crippen molar-refractivity contribution in [2.75, 3.05) is 6.54 Å². The second-order valence-corrected chi connectivity index (χ2v) is 5.81. The molecule has 0 radical (unpaired) electrons. The molecule has 110 valence electrons. The Balaban J connectivity index is 1.73. The number of imide groups is 1. The van der Waals surface area contributed by atoms with Crippen molar-refractivity contribution in [3.8, 4) is 0 Å². The molecular weight excluding hydrogens is 346 g/mol. The van der Waals surface area contributed by atoms with Crippen molar-refractivity contribution in [2.45, 2.75) is 6.42 Å². The molecule has 1 heterocycles. The first-order chi connectivity index (χ1) is 10.6. The summed E-state index contributed by atoms with van der Waals surface area (Å²) in [5.41, 5.74) is 1.36. The van der Waals surface area contributed by atoms with Gasteiger partial charge in [0.25, 0.3) is 11.8 Å². The highest BCUT2D eigenvalue weighted by Crippen LogP contribution is 2.23. The number of hydrogen-bond donors (Lipinski definition) is 0. The third kappa shape index (κ3) is 2.48. The van der Waals surface area contributed by atoms with Gasteiger partial charge in [-0.05, 0) is 18.2 Å². The molecule has 0 unspecified atom stereocenters. The maximum absolute atomic E-state index is 12.2. The average Bonchev–Trinajstić information content (AvgIpc) is 2.77. The lowest BCUT2D eigenvalue weighted by Gasteiger charge is -2.13. The van der Waals surface area contributed by atoms with Crippen LogP contribution in [-0.2, 0) is 0 Å². The van der Waals surface area contributed by atoms with E-state index in [9.17, 15) is 14.4 Å². The summed E-state index contributed by atoms with van der Waals surface area (Å²) in [6.07, 6.45) is 0.105. The normalized spacial score (nSPS) is 13.4. The minimum atomic E-state index is -0.333. The molecule has 2 aromatic rings. The summed E-state index contributed by atoms with van der Waals surface area (Å²) in [5, 5.41) is 0. The Morgan fingerprint density at radius 2 is 1.45 bits per heavy atom. The first-order valence-corrected chi connectivity index (χ1v) is 7.62. The molecule has 0 saturated carbocycles. The van der Waals surface area contributed by atoms with E-state index in [2.05, 4.69) is 15.9 Å². The fourth-order valence-corrected chi connectivity index (χ4v) is 2.98. The van der Waals surface area contributed by atoms with Gasteiger partial charge in [-0.3, -0.25) is 19.3 Å². The third-order valence-corrected chi connectivity index (χ3v) is 4.31. The zero-order chi connectivity index (χ0) is 15.7. The highest BCUT2D eigenvalue weighted by Gasteiger charge is 2.35. The zero-order valence-corrected chi connectivity index (χ0v) is 13.2. The van der Waals surface area contributed by atoms with Crippen LogP contribution in [0.2, 0.25) is 0 Å². The van der Waals surface area contributed by atoms with E-state index in [1.165, 1.54) is 0 Å². The molecule has 1 aliphatic rings. The fraction of sp³-hybridized carbons (Fsp3) is 0.118. The lowest BCUT2D eigenvalue weighted by molar-refractivity contribution is 0.0649. The van der Waals surface area contributed by atoms with Crippen LogP contribution >= 0.6 is 15.9 Å². The van der Waals surface area contributed by atoms with Crippen LogP contribution in [-0.4, -0.2) is 29.0 Å². The smallest absolute Gasteiger partial charge is 0.261 e. The highest BCUT2D eigenvalue weighted by molar-refractivity contribution is 9.10. The van der Waals surface area contributed by atoms with Crippen LogP contribution in [0, 0.1) is 0 Å². The van der Waals surface area contributed by atoms with E-state index >= 15 is 0 Å². The molecule has 0 aliphatic carbocycles. The van der Waals surface area contributed by atoms with E-state index in [1.807, 2.05) is 6.07 Å². The molecule has 22 heavy (non-hydrogen) atoms. The van der Waals surface area contributed by atoms with Gasteiger partial charge in [0.05, 0.1) is 11.1 Å². The Labute approximate surface area is 135 Å². The van der Waals surface area contributed by atoms with Gasteiger partial charge < -0.3 is 0 Å². The SMILES string of the molecule is O=C(CCN1C(=O)c2ccccc2C1=O)c1ccccc1Br. The molecule has 4 nitrogen and oxygen atoms in total. The lowest BCUT2D eigenvalue weighted by atomic mass is 10.1. The number of nitrogens with zero attached hydrogens (tertiary/aromatic N) is 1. The number of halogens is 1. The van der Waals surface area contributed by atoms with E-state index in [0.29, 0.717) is 21.2 Å². The van der Waals surface area contributed by atoms with Crippen molar-refractivity contribution < 1.29 is 14.4 Å². The van der Waals surface area contributed by atoms with Crippen molar-refractivity contribution in [3.05, 3.63) is 69.7 Å². The van der Waals surface area contributed by atoms with Crippen LogP contribution in [0.4, 0.5) is 0 Å². The van der Waals surface area contributed by atoms with Gasteiger partial charge in [0, 0.05) is 23.0 Å². The van der Waals surface area contributed by atoms with Gasteiger partial charge in [0.2, 0.25) is 0 Å². The van der Waals surface area contributed by atoms with Crippen molar-refractivity contribution in [1.29, 1.82) is 0 Å². The van der Waals surface area contributed by atoms with Crippen molar-refractivity contribution in [1.82, 2.24) is 4.90 Å². The Morgan fingerprint density at radius 1 is 0.909 bits per heavy atom. The van der Waals surface area contributed by atoms with Crippen LogP contribution in [0.25, 0.3) is 0 Å². The maximum atomic E-state index is 12.2. The van der Waals surface area contributed by atoms with Gasteiger partial charge in [-0.25, -0.2) is 0 Å². The van der Waals surface area contributed by atoms with Gasteiger partial charge in [0.1, 0.15) is 0 Å². The van der Waals surface area contributed by atoms with Crippen LogP contribution in [0.15, 0.2) is 53.0 Å². The summed E-state index contributed by atoms with van der Waals surface area (Å²) >= 11 is 3.33. The number of carbonyl (C=O) groups is 3. The van der Waals surface area contributed by atoms with Crippen LogP contribution < -0.4 is 0 Å². The van der Waals surface area contributed by atoms with Gasteiger partial charge in [0.15, 0.2) is 5.78 Å². The molecule has 3 rings (SSSR count). The third-order valence-electron chi connectivity index (χ3n) is 3.61. The average molecular weight is 358 g/mol. The lowest BCUT2D eigenvalue weighted by Crippen LogP contribution is -2.31. The van der Waals surface area contributed by atoms with Crippen molar-refractivity contribution >= 4 is 33.5 Å². The second kappa shape index (κ2) is 5.85. The molecule has 0 aromatic heterocycles. The molecule has 2 aromatic carbocycles. The number of carbonyl (C=O) groups excluding carboxylic acids is 3. The fourth-order valence-electron chi connectivity index (χ4n) is 2.48. The quantitative estimate of drug-likeness (QED) is 0.622. The highest BCUT2D eigenvalue weighted by atomic mass is 79.9. The topological polar surface area (TPSA) is 54.5 Å². The van der Waals surface area contributed by atoms with E-state index < -0.39 is 0 Å². The minimum Gasteiger partial charge on any atom is -0.294 e. The molecule has 0 saturated heterocycles. The molecule has 0 fully saturated rings. The Hall–Kier alpha value is -2.27. The number of rotatable bonds is 4. The number of Topliss-reactive ketones (excluding diaryl/α,β-unsaturated/α-hetero) is 1. The summed E-state index contributed by atoms with van der Waals surface area (Å²) < 4.78 is 0.711. The molecule has 0 spiro atoms. The predicted octanol–water partition coefficient (Wildman–Crippen LogP) is 3.32. The summed E-state index contributed by atoms with van der Waals surface area (Å²) in [6, 6.07) is 13.8. The number of ketones is 1. The largest absolute Gasteiger partial charge is 0.294 e. The van der Waals surface area contributed by atoms with Crippen molar-refractivity contribution in [2.24, 2.45) is 0 Å². The predicted molar refractivity (Wildman–Crippen MR) is 84.9 cm³/mol. The Bertz CT molecular complexity index is 750. The molecular formula is C17H12BrNO3. The Morgan fingerprint density at radius 3 is 2.05 bits per heavy atom. The first-order valence-electron chi connectivity index (χ1n) is 6.82. The van der Waals surface area contributed by atoms with E-state index in [-0.39, 0.29) is 30.6 Å². The zero-order valence-electron chi connectivity index (χ0n) is 11.6. The van der Waals surface area contributed by atoms with Gasteiger partial charge in [-0.15, -0.1) is 0 Å². The number of hydrogen-bond acceptors (Lipinski definition) is 3. The van der Waals surface area contributed by atoms with Crippen LogP contribution in [0.1, 0.15) is 37.5 Å². The summed E-state index contributed by atoms with van der Waals surface area (Å²) in [6.45, 7) is 0.0898. The van der Waals surface area contributed by atoms with E-state index in [4.69, 9.17) is 0 Å². The van der Waals surface area contributed by atoms with Crippen LogP contribution in [0.3, 0.4) is 0 Å². The number of amides is 2. The standard InChI is InChI=1S/C17H12BrNO3/c18-14-8-4-3-7-13(14)15(20)9-10-19-16(21)11-5-1-2-6-12(11)17(19)22/h1-8H,9-10H2. The Kier molecular flexibility index (Phi) is 3.90. The number of fused-ring (bicyclic) bond motifs is 1. The number of benzene rings is 2. The molecule has 0 bridgehead atoms. The summed E-state index contributed by atoms with van der Waals surface area (Å²) in [5.74, 6) is -0.773. The first kappa shape index (κ1) is 14.7. The summed E-state index contributed by atoms with van der Waals surface area (Å²) in [4.78, 5) is 37.8. The summed E-state index contributed by atoms with van der Waals surface area (Å²) in [7, 11) is 0. The minimum absolute atomic E-state index is 0.0898. The molecule has 0 atom stereocenters. The molecule has 0 N–H and O–H groups in total.